The normalized spacial score (nSPS) is 11.7. The lowest BCUT2D eigenvalue weighted by Crippen LogP contribution is -2.17. The largest absolute Gasteiger partial charge is 0.508 e. The highest BCUT2D eigenvalue weighted by Crippen LogP contribution is 2.33. The van der Waals surface area contributed by atoms with E-state index in [0.717, 1.165) is 17.2 Å². The summed E-state index contributed by atoms with van der Waals surface area (Å²) in [5.41, 5.74) is 4.38. The molecule has 0 bridgehead atoms. The van der Waals surface area contributed by atoms with Crippen LogP contribution in [0.5, 0.6) is 17.2 Å². The number of phenols is 3. The number of benzene rings is 2. The SMILES string of the molecule is Cc1cc(/C=N/NC(=O)c2cc(O)cc(O)c2)c(O)c(C(C)(C)C)c1. The van der Waals surface area contributed by atoms with E-state index >= 15 is 0 Å². The maximum Gasteiger partial charge on any atom is 0.271 e. The number of nitrogens with one attached hydrogen (secondary N) is 1. The molecule has 132 valence electrons. The Morgan fingerprint density at radius 3 is 2.20 bits per heavy atom. The first-order valence-corrected chi connectivity index (χ1v) is 7.78. The molecule has 0 aliphatic carbocycles. The molecule has 0 aliphatic heterocycles. The van der Waals surface area contributed by atoms with Crippen LogP contribution in [0.1, 0.15) is 47.8 Å². The van der Waals surface area contributed by atoms with Gasteiger partial charge in [-0.15, -0.1) is 0 Å². The number of carbonyl (C=O) groups excluding carboxylic acids is 1. The Hall–Kier alpha value is -3.02. The van der Waals surface area contributed by atoms with Crippen LogP contribution in [0.2, 0.25) is 0 Å². The topological polar surface area (TPSA) is 102 Å². The molecule has 0 saturated carbocycles. The van der Waals surface area contributed by atoms with Gasteiger partial charge in [0.05, 0.1) is 6.21 Å². The first kappa shape index (κ1) is 18.3. The average Bonchev–Trinajstić information content (AvgIpc) is 2.48. The molecule has 0 fully saturated rings. The zero-order valence-corrected chi connectivity index (χ0v) is 14.7. The summed E-state index contributed by atoms with van der Waals surface area (Å²) in [6, 6.07) is 7.23. The fourth-order valence-corrected chi connectivity index (χ4v) is 2.43. The van der Waals surface area contributed by atoms with E-state index in [4.69, 9.17) is 0 Å². The van der Waals surface area contributed by atoms with Crippen LogP contribution in [0.25, 0.3) is 0 Å². The van der Waals surface area contributed by atoms with Crippen molar-refractivity contribution in [2.24, 2.45) is 5.10 Å². The van der Waals surface area contributed by atoms with Crippen LogP contribution in [-0.2, 0) is 5.41 Å². The summed E-state index contributed by atoms with van der Waals surface area (Å²) < 4.78 is 0. The lowest BCUT2D eigenvalue weighted by atomic mass is 9.84. The number of nitrogens with zero attached hydrogens (tertiary/aromatic N) is 1. The van der Waals surface area contributed by atoms with Gasteiger partial charge in [-0.05, 0) is 36.1 Å². The second-order valence-electron chi connectivity index (χ2n) is 6.94. The molecule has 6 nitrogen and oxygen atoms in total. The smallest absolute Gasteiger partial charge is 0.271 e. The van der Waals surface area contributed by atoms with Gasteiger partial charge in [0.2, 0.25) is 0 Å². The Balaban J connectivity index is 2.22. The molecule has 2 rings (SSSR count). The van der Waals surface area contributed by atoms with E-state index in [9.17, 15) is 20.1 Å². The number of aromatic hydroxyl groups is 3. The predicted molar refractivity (Wildman–Crippen MR) is 96.4 cm³/mol. The third-order valence-corrected chi connectivity index (χ3v) is 3.63. The summed E-state index contributed by atoms with van der Waals surface area (Å²) in [6.07, 6.45) is 1.36. The number of hydrazone groups is 1. The molecule has 0 heterocycles. The predicted octanol–water partition coefficient (Wildman–Crippen LogP) is 3.17. The van der Waals surface area contributed by atoms with Crippen LogP contribution in [0, 0.1) is 6.92 Å². The van der Waals surface area contributed by atoms with Gasteiger partial charge in [0.1, 0.15) is 17.2 Å². The monoisotopic (exact) mass is 342 g/mol. The molecular formula is C19H22N2O4. The second-order valence-corrected chi connectivity index (χ2v) is 6.94. The molecule has 0 atom stereocenters. The molecule has 2 aromatic carbocycles. The fourth-order valence-electron chi connectivity index (χ4n) is 2.43. The third kappa shape index (κ3) is 4.50. The van der Waals surface area contributed by atoms with Crippen molar-refractivity contribution in [2.45, 2.75) is 33.1 Å². The molecule has 6 heteroatoms. The summed E-state index contributed by atoms with van der Waals surface area (Å²) in [6.45, 7) is 7.91. The van der Waals surface area contributed by atoms with Crippen LogP contribution >= 0.6 is 0 Å². The molecule has 4 N–H and O–H groups in total. The van der Waals surface area contributed by atoms with Crippen molar-refractivity contribution in [3.05, 3.63) is 52.6 Å². The zero-order valence-electron chi connectivity index (χ0n) is 14.7. The van der Waals surface area contributed by atoms with E-state index in [0.29, 0.717) is 5.56 Å². The van der Waals surface area contributed by atoms with E-state index in [2.05, 4.69) is 10.5 Å². The number of amides is 1. The number of phenolic OH excluding ortho intramolecular Hbond substituents is 3. The van der Waals surface area contributed by atoms with Crippen molar-refractivity contribution in [3.63, 3.8) is 0 Å². The molecule has 0 radical (unpaired) electrons. The van der Waals surface area contributed by atoms with Crippen LogP contribution in [0.3, 0.4) is 0 Å². The summed E-state index contributed by atoms with van der Waals surface area (Å²) in [4.78, 5) is 12.0. The molecule has 0 aromatic heterocycles. The Morgan fingerprint density at radius 2 is 1.64 bits per heavy atom. The van der Waals surface area contributed by atoms with Gasteiger partial charge in [-0.1, -0.05) is 26.8 Å². The Labute approximate surface area is 146 Å². The first-order valence-electron chi connectivity index (χ1n) is 7.78. The van der Waals surface area contributed by atoms with Crippen LogP contribution in [-0.4, -0.2) is 27.4 Å². The van der Waals surface area contributed by atoms with Gasteiger partial charge in [0.15, 0.2) is 0 Å². The van der Waals surface area contributed by atoms with Crippen molar-refractivity contribution < 1.29 is 20.1 Å². The van der Waals surface area contributed by atoms with Gasteiger partial charge in [0, 0.05) is 22.8 Å². The summed E-state index contributed by atoms with van der Waals surface area (Å²) in [5, 5.41) is 33.1. The fraction of sp³-hybridized carbons (Fsp3) is 0.263. The highest BCUT2D eigenvalue weighted by molar-refractivity contribution is 5.96. The number of aryl methyl sites for hydroxylation is 1. The molecule has 0 spiro atoms. The van der Waals surface area contributed by atoms with Crippen molar-refractivity contribution in [3.8, 4) is 17.2 Å². The van der Waals surface area contributed by atoms with Crippen molar-refractivity contribution in [1.82, 2.24) is 5.43 Å². The Kier molecular flexibility index (Phi) is 5.02. The zero-order chi connectivity index (χ0) is 18.8. The molecule has 0 unspecified atom stereocenters. The minimum atomic E-state index is -0.592. The molecular weight excluding hydrogens is 320 g/mol. The molecule has 2 aromatic rings. The molecule has 25 heavy (non-hydrogen) atoms. The standard InChI is InChI=1S/C19H22N2O4/c1-11-5-13(17(24)16(6-11)19(2,3)4)10-20-21-18(25)12-7-14(22)9-15(23)8-12/h5-10,22-24H,1-4H3,(H,21,25)/b20-10+. The number of carbonyl (C=O) groups is 1. The lowest BCUT2D eigenvalue weighted by molar-refractivity contribution is 0.0954. The highest BCUT2D eigenvalue weighted by Gasteiger charge is 2.20. The lowest BCUT2D eigenvalue weighted by Gasteiger charge is -2.22. The van der Waals surface area contributed by atoms with Gasteiger partial charge in [-0.25, -0.2) is 5.43 Å². The minimum Gasteiger partial charge on any atom is -0.508 e. The third-order valence-electron chi connectivity index (χ3n) is 3.63. The van der Waals surface area contributed by atoms with Gasteiger partial charge in [-0.3, -0.25) is 4.79 Å². The maximum absolute atomic E-state index is 12.0. The Morgan fingerprint density at radius 1 is 1.04 bits per heavy atom. The number of rotatable bonds is 3. The van der Waals surface area contributed by atoms with E-state index in [1.54, 1.807) is 6.07 Å². The van der Waals surface area contributed by atoms with Gasteiger partial charge < -0.3 is 15.3 Å². The average molecular weight is 342 g/mol. The van der Waals surface area contributed by atoms with Crippen LogP contribution < -0.4 is 5.43 Å². The summed E-state index contributed by atoms with van der Waals surface area (Å²) in [5.74, 6) is -0.919. The van der Waals surface area contributed by atoms with E-state index in [-0.39, 0.29) is 28.2 Å². The van der Waals surface area contributed by atoms with Crippen molar-refractivity contribution in [1.29, 1.82) is 0 Å². The summed E-state index contributed by atoms with van der Waals surface area (Å²) in [7, 11) is 0. The molecule has 0 aliphatic rings. The molecule has 1 amide bonds. The van der Waals surface area contributed by atoms with E-state index < -0.39 is 5.91 Å². The van der Waals surface area contributed by atoms with Gasteiger partial charge >= 0.3 is 0 Å². The second kappa shape index (κ2) is 6.84. The van der Waals surface area contributed by atoms with Gasteiger partial charge in [0.25, 0.3) is 5.91 Å². The van der Waals surface area contributed by atoms with Crippen molar-refractivity contribution in [2.75, 3.05) is 0 Å². The first-order chi connectivity index (χ1) is 11.6. The van der Waals surface area contributed by atoms with E-state index in [1.807, 2.05) is 33.8 Å². The van der Waals surface area contributed by atoms with Crippen LogP contribution in [0.15, 0.2) is 35.4 Å². The van der Waals surface area contributed by atoms with Crippen molar-refractivity contribution >= 4 is 12.1 Å². The summed E-state index contributed by atoms with van der Waals surface area (Å²) >= 11 is 0. The Bertz CT molecular complexity index is 816. The maximum atomic E-state index is 12.0. The molecule has 0 saturated heterocycles. The quantitative estimate of drug-likeness (QED) is 0.508. The van der Waals surface area contributed by atoms with E-state index in [1.165, 1.54) is 18.3 Å². The number of hydrogen-bond acceptors (Lipinski definition) is 5. The van der Waals surface area contributed by atoms with Crippen LogP contribution in [0.4, 0.5) is 0 Å². The minimum absolute atomic E-state index is 0.0681. The number of hydrogen-bond donors (Lipinski definition) is 4. The van der Waals surface area contributed by atoms with Gasteiger partial charge in [-0.2, -0.15) is 5.10 Å². The highest BCUT2D eigenvalue weighted by atomic mass is 16.3.